The fourth-order valence-corrected chi connectivity index (χ4v) is 3.26. The number of hydrogen-bond donors (Lipinski definition) is 3. The van der Waals surface area contributed by atoms with Crippen molar-refractivity contribution >= 4 is 34.2 Å². The second-order valence-corrected chi connectivity index (χ2v) is 5.82. The minimum atomic E-state index is 0.00225. The van der Waals surface area contributed by atoms with E-state index in [1.54, 1.807) is 6.07 Å². The van der Waals surface area contributed by atoms with Crippen LogP contribution in [0, 0.1) is 0 Å². The maximum Gasteiger partial charge on any atom is 0.151 e. The molecular weight excluding hydrogens is 296 g/mol. The van der Waals surface area contributed by atoms with Gasteiger partial charge >= 0.3 is 0 Å². The number of fused-ring (bicyclic) bond motifs is 2. The Morgan fingerprint density at radius 1 is 0.955 bits per heavy atom. The van der Waals surface area contributed by atoms with Crippen molar-refractivity contribution in [2.24, 2.45) is 4.99 Å². The number of benzene rings is 3. The lowest BCUT2D eigenvalue weighted by Gasteiger charge is -2.18. The van der Waals surface area contributed by atoms with E-state index < -0.39 is 0 Å². The van der Waals surface area contributed by atoms with Crippen molar-refractivity contribution in [1.29, 1.82) is 0 Å². The highest BCUT2D eigenvalue weighted by Crippen LogP contribution is 2.39. The largest absolute Gasteiger partial charge is 0.507 e. The van der Waals surface area contributed by atoms with Gasteiger partial charge in [0.2, 0.25) is 0 Å². The molecule has 0 bridgehead atoms. The Morgan fingerprint density at radius 3 is 2.64 bits per heavy atom. The first-order chi connectivity index (χ1) is 10.7. The predicted molar refractivity (Wildman–Crippen MR) is 88.9 cm³/mol. The van der Waals surface area contributed by atoms with Crippen LogP contribution in [0.1, 0.15) is 5.56 Å². The summed E-state index contributed by atoms with van der Waals surface area (Å²) in [5, 5.41) is 22.3. The molecule has 0 unspecified atom stereocenters. The first-order valence-corrected chi connectivity index (χ1v) is 7.60. The van der Waals surface area contributed by atoms with E-state index in [1.165, 1.54) is 11.9 Å². The summed E-state index contributed by atoms with van der Waals surface area (Å²) in [6, 6.07) is 16.7. The van der Waals surface area contributed by atoms with Crippen LogP contribution in [0.2, 0.25) is 0 Å². The van der Waals surface area contributed by atoms with E-state index in [2.05, 4.69) is 9.71 Å². The van der Waals surface area contributed by atoms with Gasteiger partial charge in [-0.3, -0.25) is 0 Å². The van der Waals surface area contributed by atoms with Gasteiger partial charge in [-0.2, -0.15) is 0 Å². The summed E-state index contributed by atoms with van der Waals surface area (Å²) in [4.78, 5) is 5.51. The fourth-order valence-electron chi connectivity index (χ4n) is 2.54. The van der Waals surface area contributed by atoms with Gasteiger partial charge in [0.25, 0.3) is 0 Å². The summed E-state index contributed by atoms with van der Waals surface area (Å²) in [6.45, 7) is 0. The molecule has 0 radical (unpaired) electrons. The van der Waals surface area contributed by atoms with E-state index in [1.807, 2.05) is 48.5 Å². The summed E-state index contributed by atoms with van der Waals surface area (Å²) in [6.07, 6.45) is 0. The highest BCUT2D eigenvalue weighted by Gasteiger charge is 2.21. The van der Waals surface area contributed by atoms with Crippen LogP contribution < -0.4 is 4.72 Å². The van der Waals surface area contributed by atoms with E-state index in [9.17, 15) is 10.2 Å². The number of nitrogens with zero attached hydrogens (tertiary/aromatic N) is 1. The molecule has 3 aromatic rings. The van der Waals surface area contributed by atoms with Crippen molar-refractivity contribution in [3.05, 3.63) is 60.2 Å². The summed E-state index contributed by atoms with van der Waals surface area (Å²) in [5.41, 5.74) is 1.13. The Labute approximate surface area is 131 Å². The van der Waals surface area contributed by atoms with Crippen LogP contribution in [0.3, 0.4) is 0 Å². The summed E-state index contributed by atoms with van der Waals surface area (Å²) >= 11 is 1.41. The molecule has 1 heterocycles. The summed E-state index contributed by atoms with van der Waals surface area (Å²) in [7, 11) is 0. The average molecular weight is 308 g/mol. The minimum absolute atomic E-state index is 0.00225. The molecule has 3 N–H and O–H groups in total. The first kappa shape index (κ1) is 13.0. The summed E-state index contributed by atoms with van der Waals surface area (Å²) in [5.74, 6) is 0.480. The molecule has 0 aromatic heterocycles. The van der Waals surface area contributed by atoms with E-state index in [0.29, 0.717) is 16.8 Å². The number of nitrogens with one attached hydrogen (secondary N) is 1. The van der Waals surface area contributed by atoms with Crippen molar-refractivity contribution in [3.8, 4) is 11.5 Å². The van der Waals surface area contributed by atoms with Crippen LogP contribution >= 0.6 is 11.9 Å². The molecule has 0 saturated carbocycles. The van der Waals surface area contributed by atoms with Crippen molar-refractivity contribution in [3.63, 3.8) is 0 Å². The van der Waals surface area contributed by atoms with Crippen LogP contribution in [0.5, 0.6) is 11.5 Å². The molecule has 4 nitrogen and oxygen atoms in total. The Hall–Kier alpha value is -2.66. The van der Waals surface area contributed by atoms with Crippen molar-refractivity contribution in [2.45, 2.75) is 4.90 Å². The second-order valence-electron chi connectivity index (χ2n) is 4.97. The lowest BCUT2D eigenvalue weighted by Crippen LogP contribution is -2.20. The number of rotatable bonds is 1. The van der Waals surface area contributed by atoms with Crippen LogP contribution in [0.4, 0.5) is 5.69 Å². The molecule has 5 heteroatoms. The van der Waals surface area contributed by atoms with E-state index in [0.717, 1.165) is 16.0 Å². The van der Waals surface area contributed by atoms with Crippen LogP contribution in [-0.4, -0.2) is 16.0 Å². The standard InChI is InChI=1S/C17H12N2O2S/c20-13-9-10-5-1-2-6-11(10)16(21)15(13)17-18-12-7-3-4-8-14(12)22-19-17/h1-9,20-21H,(H,18,19). The van der Waals surface area contributed by atoms with Gasteiger partial charge in [0.05, 0.1) is 10.6 Å². The van der Waals surface area contributed by atoms with E-state index in [4.69, 9.17) is 0 Å². The zero-order valence-electron chi connectivity index (χ0n) is 11.4. The minimum Gasteiger partial charge on any atom is -0.507 e. The third-order valence-electron chi connectivity index (χ3n) is 3.59. The van der Waals surface area contributed by atoms with Crippen LogP contribution in [-0.2, 0) is 0 Å². The first-order valence-electron chi connectivity index (χ1n) is 6.78. The fraction of sp³-hybridized carbons (Fsp3) is 0. The van der Waals surface area contributed by atoms with Crippen LogP contribution in [0.25, 0.3) is 10.8 Å². The molecule has 4 rings (SSSR count). The maximum absolute atomic E-state index is 10.5. The van der Waals surface area contributed by atoms with Gasteiger partial charge in [-0.25, -0.2) is 4.99 Å². The summed E-state index contributed by atoms with van der Waals surface area (Å²) < 4.78 is 3.08. The molecule has 22 heavy (non-hydrogen) atoms. The average Bonchev–Trinajstić information content (AvgIpc) is 2.55. The van der Waals surface area contributed by atoms with Gasteiger partial charge in [-0.1, -0.05) is 36.4 Å². The number of aromatic hydroxyl groups is 2. The zero-order chi connectivity index (χ0) is 15.1. The normalized spacial score (nSPS) is 13.4. The number of hydrogen-bond acceptors (Lipinski definition) is 5. The molecule has 0 amide bonds. The van der Waals surface area contributed by atoms with Gasteiger partial charge in [0, 0.05) is 5.39 Å². The van der Waals surface area contributed by atoms with Gasteiger partial charge in [0.15, 0.2) is 5.84 Å². The predicted octanol–water partition coefficient (Wildman–Crippen LogP) is 3.94. The molecule has 1 aliphatic heterocycles. The number of phenols is 2. The third kappa shape index (κ3) is 1.98. The molecule has 0 fully saturated rings. The van der Waals surface area contributed by atoms with Gasteiger partial charge in [-0.15, -0.1) is 0 Å². The molecule has 0 saturated heterocycles. The number of amidine groups is 1. The second kappa shape index (κ2) is 4.96. The Kier molecular flexibility index (Phi) is 2.94. The topological polar surface area (TPSA) is 64.8 Å². The Morgan fingerprint density at radius 2 is 1.73 bits per heavy atom. The Balaban J connectivity index is 1.94. The van der Waals surface area contributed by atoms with Crippen molar-refractivity contribution in [2.75, 3.05) is 0 Å². The molecule has 0 atom stereocenters. The lowest BCUT2D eigenvalue weighted by molar-refractivity contribution is 0.453. The van der Waals surface area contributed by atoms with Gasteiger partial charge in [-0.05, 0) is 35.5 Å². The number of aliphatic imine (C=N–C) groups is 1. The lowest BCUT2D eigenvalue weighted by atomic mass is 10.0. The van der Waals surface area contributed by atoms with Crippen molar-refractivity contribution < 1.29 is 10.2 Å². The molecule has 0 spiro atoms. The van der Waals surface area contributed by atoms with E-state index >= 15 is 0 Å². The maximum atomic E-state index is 10.5. The molecule has 3 aromatic carbocycles. The van der Waals surface area contributed by atoms with Gasteiger partial charge < -0.3 is 14.9 Å². The highest BCUT2D eigenvalue weighted by atomic mass is 32.2. The van der Waals surface area contributed by atoms with E-state index in [-0.39, 0.29) is 11.5 Å². The smallest absolute Gasteiger partial charge is 0.151 e. The monoisotopic (exact) mass is 308 g/mol. The Bertz CT molecular complexity index is 922. The zero-order valence-corrected chi connectivity index (χ0v) is 12.3. The van der Waals surface area contributed by atoms with Crippen LogP contribution in [0.15, 0.2) is 64.5 Å². The SMILES string of the molecule is Oc1cc2ccccc2c(O)c1C1=Nc2ccccc2SN1. The number of phenolic OH excluding ortho intramolecular Hbond substituents is 2. The highest BCUT2D eigenvalue weighted by molar-refractivity contribution is 7.98. The molecule has 108 valence electrons. The van der Waals surface area contributed by atoms with Gasteiger partial charge in [0.1, 0.15) is 17.1 Å². The quantitative estimate of drug-likeness (QED) is 0.596. The molecular formula is C17H12N2O2S. The third-order valence-corrected chi connectivity index (χ3v) is 4.45. The molecule has 0 aliphatic carbocycles. The van der Waals surface area contributed by atoms with Crippen molar-refractivity contribution in [1.82, 2.24) is 4.72 Å². The number of para-hydroxylation sites is 1. The molecule has 1 aliphatic rings.